The molecule has 3 nitrogen and oxygen atoms in total. The van der Waals surface area contributed by atoms with Crippen molar-refractivity contribution in [2.45, 2.75) is 19.9 Å². The minimum Gasteiger partial charge on any atom is -0.349 e. The molecule has 1 unspecified atom stereocenters. The van der Waals surface area contributed by atoms with Gasteiger partial charge in [0.1, 0.15) is 5.51 Å². The molecule has 4 heteroatoms. The van der Waals surface area contributed by atoms with E-state index in [1.807, 2.05) is 6.07 Å². The summed E-state index contributed by atoms with van der Waals surface area (Å²) in [4.78, 5) is 0. The molecule has 0 aliphatic carbocycles. The molecule has 1 N–H and O–H groups in total. The third kappa shape index (κ3) is 3.11. The molecule has 0 radical (unpaired) electrons. The molecule has 0 spiro atoms. The minimum atomic E-state index is 0.0825. The molecule has 2 aromatic carbocycles. The average molecular weight is 295 g/mol. The van der Waals surface area contributed by atoms with Crippen molar-refractivity contribution in [1.29, 1.82) is 0 Å². The van der Waals surface area contributed by atoms with Gasteiger partial charge in [0.25, 0.3) is 0 Å². The normalized spacial score (nSPS) is 12.1. The van der Waals surface area contributed by atoms with Gasteiger partial charge in [0.05, 0.1) is 6.04 Å². The maximum atomic E-state index is 4.12. The Morgan fingerprint density at radius 2 is 1.86 bits per heavy atom. The molecule has 0 aliphatic heterocycles. The molecule has 3 rings (SSSR count). The summed E-state index contributed by atoms with van der Waals surface area (Å²) in [6, 6.07) is 17.1. The first-order chi connectivity index (χ1) is 10.2. The van der Waals surface area contributed by atoms with Crippen LogP contribution in [-0.4, -0.2) is 10.2 Å². The predicted molar refractivity (Wildman–Crippen MR) is 87.7 cm³/mol. The lowest BCUT2D eigenvalue weighted by molar-refractivity contribution is 0.910. The van der Waals surface area contributed by atoms with Crippen molar-refractivity contribution < 1.29 is 0 Å². The molecule has 21 heavy (non-hydrogen) atoms. The summed E-state index contributed by atoms with van der Waals surface area (Å²) in [5, 5.41) is 12.4. The monoisotopic (exact) mass is 295 g/mol. The Kier molecular flexibility index (Phi) is 3.97. The van der Waals surface area contributed by atoms with Gasteiger partial charge in [-0.05, 0) is 30.5 Å². The molecule has 0 aliphatic rings. The van der Waals surface area contributed by atoms with Crippen LogP contribution in [0.2, 0.25) is 0 Å². The van der Waals surface area contributed by atoms with Gasteiger partial charge in [-0.2, -0.15) is 0 Å². The van der Waals surface area contributed by atoms with Crippen LogP contribution in [0.25, 0.3) is 0 Å². The molecule has 1 atom stereocenters. The van der Waals surface area contributed by atoms with E-state index in [2.05, 4.69) is 71.8 Å². The lowest BCUT2D eigenvalue weighted by atomic mass is 9.94. The van der Waals surface area contributed by atoms with Crippen molar-refractivity contribution >= 4 is 16.5 Å². The number of rotatable bonds is 4. The molecule has 1 heterocycles. The molecule has 0 bridgehead atoms. The minimum absolute atomic E-state index is 0.0825. The lowest BCUT2D eigenvalue weighted by Gasteiger charge is -2.21. The number of aryl methyl sites for hydroxylation is 2. The molecular formula is C17H17N3S. The number of benzene rings is 2. The van der Waals surface area contributed by atoms with Crippen LogP contribution in [0.15, 0.2) is 54.0 Å². The Labute approximate surface area is 128 Å². The third-order valence-corrected chi connectivity index (χ3v) is 4.13. The zero-order chi connectivity index (χ0) is 14.7. The van der Waals surface area contributed by atoms with Crippen molar-refractivity contribution in [2.24, 2.45) is 0 Å². The Hall–Kier alpha value is -2.20. The van der Waals surface area contributed by atoms with Crippen molar-refractivity contribution in [3.63, 3.8) is 0 Å². The topological polar surface area (TPSA) is 37.8 Å². The first-order valence-electron chi connectivity index (χ1n) is 6.89. The molecule has 106 valence electrons. The van der Waals surface area contributed by atoms with Gasteiger partial charge in [-0.25, -0.2) is 0 Å². The van der Waals surface area contributed by atoms with Gasteiger partial charge < -0.3 is 5.32 Å². The summed E-state index contributed by atoms with van der Waals surface area (Å²) >= 11 is 1.52. The van der Waals surface area contributed by atoms with E-state index in [0.717, 1.165) is 5.13 Å². The second-order valence-corrected chi connectivity index (χ2v) is 5.93. The summed E-state index contributed by atoms with van der Waals surface area (Å²) in [6.07, 6.45) is 0. The van der Waals surface area contributed by atoms with E-state index >= 15 is 0 Å². The molecule has 0 saturated carbocycles. The van der Waals surface area contributed by atoms with Crippen LogP contribution < -0.4 is 5.32 Å². The number of nitrogens with one attached hydrogen (secondary N) is 1. The third-order valence-electron chi connectivity index (χ3n) is 3.51. The Bertz CT molecular complexity index is 708. The SMILES string of the molecule is Cc1ccc(C)c(C(Nc2nncs2)c2ccccc2)c1. The fraction of sp³-hybridized carbons (Fsp3) is 0.176. The van der Waals surface area contributed by atoms with Crippen LogP contribution in [0.4, 0.5) is 5.13 Å². The lowest BCUT2D eigenvalue weighted by Crippen LogP contribution is -2.13. The standard InChI is InChI=1S/C17H17N3S/c1-12-8-9-13(2)15(10-12)16(14-6-4-3-5-7-14)19-17-20-18-11-21-17/h3-11,16H,1-2H3,(H,19,20). The van der Waals surface area contributed by atoms with Crippen molar-refractivity contribution in [2.75, 3.05) is 5.32 Å². The second-order valence-electron chi connectivity index (χ2n) is 5.09. The van der Waals surface area contributed by atoms with Gasteiger partial charge in [0, 0.05) is 0 Å². The largest absolute Gasteiger partial charge is 0.349 e. The van der Waals surface area contributed by atoms with E-state index in [4.69, 9.17) is 0 Å². The molecule has 0 fully saturated rings. The number of aromatic nitrogens is 2. The Morgan fingerprint density at radius 1 is 1.05 bits per heavy atom. The number of hydrogen-bond donors (Lipinski definition) is 1. The van der Waals surface area contributed by atoms with Crippen molar-refractivity contribution in [3.8, 4) is 0 Å². The highest BCUT2D eigenvalue weighted by Crippen LogP contribution is 2.29. The van der Waals surface area contributed by atoms with E-state index in [9.17, 15) is 0 Å². The molecule has 0 amide bonds. The average Bonchev–Trinajstić information content (AvgIpc) is 3.01. The summed E-state index contributed by atoms with van der Waals surface area (Å²) in [6.45, 7) is 4.27. The van der Waals surface area contributed by atoms with E-state index in [1.54, 1.807) is 5.51 Å². The number of nitrogens with zero attached hydrogens (tertiary/aromatic N) is 2. The number of hydrogen-bond acceptors (Lipinski definition) is 4. The highest BCUT2D eigenvalue weighted by molar-refractivity contribution is 7.13. The van der Waals surface area contributed by atoms with Crippen LogP contribution in [-0.2, 0) is 0 Å². The van der Waals surface area contributed by atoms with Gasteiger partial charge in [-0.3, -0.25) is 0 Å². The summed E-state index contributed by atoms with van der Waals surface area (Å²) in [7, 11) is 0. The van der Waals surface area contributed by atoms with Crippen LogP contribution in [0.3, 0.4) is 0 Å². The van der Waals surface area contributed by atoms with Crippen LogP contribution in [0.1, 0.15) is 28.3 Å². The van der Waals surface area contributed by atoms with Crippen LogP contribution >= 0.6 is 11.3 Å². The predicted octanol–water partition coefficient (Wildman–Crippen LogP) is 4.36. The van der Waals surface area contributed by atoms with Gasteiger partial charge in [0.15, 0.2) is 0 Å². The van der Waals surface area contributed by atoms with E-state index < -0.39 is 0 Å². The Morgan fingerprint density at radius 3 is 2.57 bits per heavy atom. The first kappa shape index (κ1) is 13.8. The van der Waals surface area contributed by atoms with Gasteiger partial charge in [-0.1, -0.05) is 65.4 Å². The Balaban J connectivity index is 2.05. The zero-order valence-corrected chi connectivity index (χ0v) is 12.9. The summed E-state index contributed by atoms with van der Waals surface area (Å²) in [5.41, 5.74) is 6.77. The van der Waals surface area contributed by atoms with E-state index in [0.29, 0.717) is 0 Å². The molecule has 0 saturated heterocycles. The van der Waals surface area contributed by atoms with Crippen molar-refractivity contribution in [1.82, 2.24) is 10.2 Å². The zero-order valence-electron chi connectivity index (χ0n) is 12.1. The molecule has 1 aromatic heterocycles. The van der Waals surface area contributed by atoms with Gasteiger partial charge in [0.2, 0.25) is 5.13 Å². The first-order valence-corrected chi connectivity index (χ1v) is 7.77. The summed E-state index contributed by atoms with van der Waals surface area (Å²) in [5.74, 6) is 0. The maximum absolute atomic E-state index is 4.12. The van der Waals surface area contributed by atoms with Gasteiger partial charge in [-0.15, -0.1) is 10.2 Å². The quantitative estimate of drug-likeness (QED) is 0.777. The second kappa shape index (κ2) is 6.06. The maximum Gasteiger partial charge on any atom is 0.206 e. The van der Waals surface area contributed by atoms with E-state index in [1.165, 1.54) is 33.6 Å². The fourth-order valence-corrected chi connectivity index (χ4v) is 2.89. The van der Waals surface area contributed by atoms with Crippen LogP contribution in [0, 0.1) is 13.8 Å². The van der Waals surface area contributed by atoms with E-state index in [-0.39, 0.29) is 6.04 Å². The molecule has 3 aromatic rings. The number of anilines is 1. The molecular weight excluding hydrogens is 278 g/mol. The highest BCUT2D eigenvalue weighted by atomic mass is 32.1. The van der Waals surface area contributed by atoms with Crippen LogP contribution in [0.5, 0.6) is 0 Å². The van der Waals surface area contributed by atoms with Crippen molar-refractivity contribution in [3.05, 3.63) is 76.3 Å². The fourth-order valence-electron chi connectivity index (χ4n) is 2.42. The summed E-state index contributed by atoms with van der Waals surface area (Å²) < 4.78 is 0. The van der Waals surface area contributed by atoms with Gasteiger partial charge >= 0.3 is 0 Å². The smallest absolute Gasteiger partial charge is 0.206 e. The highest BCUT2D eigenvalue weighted by Gasteiger charge is 2.17.